The maximum Gasteiger partial charge on any atom is 0.280 e. The van der Waals surface area contributed by atoms with Gasteiger partial charge in [-0.2, -0.15) is 0 Å². The maximum absolute atomic E-state index is 14.9. The first-order valence-corrected chi connectivity index (χ1v) is 11.0. The van der Waals surface area contributed by atoms with Gasteiger partial charge in [-0.25, -0.2) is 4.39 Å². The zero-order valence-electron chi connectivity index (χ0n) is 16.8. The van der Waals surface area contributed by atoms with Crippen LogP contribution in [0.3, 0.4) is 0 Å². The predicted octanol–water partition coefficient (Wildman–Crippen LogP) is 3.91. The molecule has 0 spiro atoms. The molecular formula is C22H22FN5O2S. The highest BCUT2D eigenvalue weighted by atomic mass is 32.1. The minimum Gasteiger partial charge on any atom is -0.351 e. The highest BCUT2D eigenvalue weighted by molar-refractivity contribution is 7.03. The third-order valence-electron chi connectivity index (χ3n) is 5.39. The van der Waals surface area contributed by atoms with Crippen molar-refractivity contribution >= 4 is 29.0 Å². The molecule has 2 heterocycles. The Hall–Kier alpha value is -3.20. The molecule has 2 aromatic heterocycles. The number of aromatic nitrogens is 3. The number of hydrogen-bond donors (Lipinski definition) is 1. The van der Waals surface area contributed by atoms with Gasteiger partial charge < -0.3 is 5.32 Å². The monoisotopic (exact) mass is 439 g/mol. The molecule has 0 unspecified atom stereocenters. The van der Waals surface area contributed by atoms with Gasteiger partial charge in [0.1, 0.15) is 11.9 Å². The summed E-state index contributed by atoms with van der Waals surface area (Å²) in [7, 11) is 0. The molecule has 2 amide bonds. The number of halogens is 1. The van der Waals surface area contributed by atoms with E-state index in [0.717, 1.165) is 43.6 Å². The Morgan fingerprint density at radius 3 is 2.52 bits per heavy atom. The van der Waals surface area contributed by atoms with E-state index < -0.39 is 17.8 Å². The molecular weight excluding hydrogens is 417 g/mol. The Labute approximate surface area is 183 Å². The first-order valence-electron chi connectivity index (χ1n) is 10.2. The van der Waals surface area contributed by atoms with Crippen molar-refractivity contribution in [1.29, 1.82) is 0 Å². The Balaban J connectivity index is 1.78. The molecule has 1 N–H and O–H groups in total. The summed E-state index contributed by atoms with van der Waals surface area (Å²) in [6.07, 6.45) is 8.11. The van der Waals surface area contributed by atoms with Gasteiger partial charge in [0.2, 0.25) is 5.91 Å². The normalized spacial score (nSPS) is 15.3. The number of benzene rings is 1. The Morgan fingerprint density at radius 1 is 1.10 bits per heavy atom. The van der Waals surface area contributed by atoms with E-state index in [9.17, 15) is 14.0 Å². The van der Waals surface area contributed by atoms with Crippen LogP contribution in [0.2, 0.25) is 0 Å². The number of rotatable bonds is 6. The maximum atomic E-state index is 14.9. The van der Waals surface area contributed by atoms with E-state index >= 15 is 0 Å². The molecule has 1 aliphatic carbocycles. The lowest BCUT2D eigenvalue weighted by molar-refractivity contribution is -0.123. The number of nitrogens with zero attached hydrogens (tertiary/aromatic N) is 4. The Morgan fingerprint density at radius 2 is 1.84 bits per heavy atom. The lowest BCUT2D eigenvalue weighted by Crippen LogP contribution is -2.47. The summed E-state index contributed by atoms with van der Waals surface area (Å²) in [5.74, 6) is -1.57. The standard InChI is InChI=1S/C22H22FN5O2S/c23-17-8-4-5-9-19(17)28(22(30)18-14-31-27-26-18)20(15-10-12-24-13-11-15)21(29)25-16-6-2-1-3-7-16/h4-5,8-14,16,20H,1-3,6-7H2,(H,25,29)/t20-/m0/s1. The first-order chi connectivity index (χ1) is 15.1. The third-order valence-corrected chi connectivity index (χ3v) is 5.89. The largest absolute Gasteiger partial charge is 0.351 e. The van der Waals surface area contributed by atoms with Crippen LogP contribution in [0, 0.1) is 5.82 Å². The zero-order chi connectivity index (χ0) is 21.6. The third kappa shape index (κ3) is 4.77. The molecule has 0 radical (unpaired) electrons. The summed E-state index contributed by atoms with van der Waals surface area (Å²) in [5, 5.41) is 8.42. The predicted molar refractivity (Wildman–Crippen MR) is 115 cm³/mol. The van der Waals surface area contributed by atoms with Gasteiger partial charge >= 0.3 is 0 Å². The van der Waals surface area contributed by atoms with Crippen molar-refractivity contribution in [2.75, 3.05) is 4.90 Å². The van der Waals surface area contributed by atoms with Gasteiger partial charge in [-0.05, 0) is 54.2 Å². The van der Waals surface area contributed by atoms with E-state index in [4.69, 9.17) is 0 Å². The highest BCUT2D eigenvalue weighted by Gasteiger charge is 2.36. The Kier molecular flexibility index (Phi) is 6.61. The van der Waals surface area contributed by atoms with Gasteiger partial charge in [0.05, 0.1) is 5.69 Å². The zero-order valence-corrected chi connectivity index (χ0v) is 17.6. The number of pyridine rings is 1. The van der Waals surface area contributed by atoms with E-state index in [1.807, 2.05) is 0 Å². The van der Waals surface area contributed by atoms with Crippen LogP contribution in [0.4, 0.5) is 10.1 Å². The van der Waals surface area contributed by atoms with Crippen molar-refractivity contribution in [1.82, 2.24) is 19.9 Å². The van der Waals surface area contributed by atoms with E-state index in [1.165, 1.54) is 28.5 Å². The van der Waals surface area contributed by atoms with Gasteiger partial charge in [0, 0.05) is 23.8 Å². The van der Waals surface area contributed by atoms with E-state index in [-0.39, 0.29) is 23.3 Å². The first kappa shape index (κ1) is 21.0. The second-order valence-corrected chi connectivity index (χ2v) is 8.05. The number of carbonyl (C=O) groups excluding carboxylic acids is 2. The van der Waals surface area contributed by atoms with Crippen LogP contribution < -0.4 is 10.2 Å². The molecule has 7 nitrogen and oxygen atoms in total. The fourth-order valence-electron chi connectivity index (χ4n) is 3.88. The number of para-hydroxylation sites is 1. The lowest BCUT2D eigenvalue weighted by Gasteiger charge is -2.33. The summed E-state index contributed by atoms with van der Waals surface area (Å²) in [5.41, 5.74) is 0.585. The summed E-state index contributed by atoms with van der Waals surface area (Å²) in [6.45, 7) is 0. The molecule has 0 saturated heterocycles. The van der Waals surface area contributed by atoms with Crippen LogP contribution in [0.5, 0.6) is 0 Å². The number of carbonyl (C=O) groups is 2. The van der Waals surface area contributed by atoms with Crippen LogP contribution in [-0.2, 0) is 4.79 Å². The summed E-state index contributed by atoms with van der Waals surface area (Å²) in [6, 6.07) is 8.17. The molecule has 1 aliphatic rings. The van der Waals surface area contributed by atoms with Crippen molar-refractivity contribution in [2.24, 2.45) is 0 Å². The quantitative estimate of drug-likeness (QED) is 0.629. The van der Waals surface area contributed by atoms with Crippen molar-refractivity contribution < 1.29 is 14.0 Å². The molecule has 31 heavy (non-hydrogen) atoms. The van der Waals surface area contributed by atoms with Gasteiger partial charge in [0.25, 0.3) is 5.91 Å². The van der Waals surface area contributed by atoms with Gasteiger partial charge in [-0.1, -0.05) is 35.9 Å². The minimum absolute atomic E-state index is 0.00102. The van der Waals surface area contributed by atoms with Crippen LogP contribution in [0.25, 0.3) is 0 Å². The van der Waals surface area contributed by atoms with Crippen molar-refractivity contribution in [3.05, 3.63) is 71.2 Å². The second-order valence-electron chi connectivity index (χ2n) is 7.44. The van der Waals surface area contributed by atoms with Crippen molar-refractivity contribution in [3.8, 4) is 0 Å². The summed E-state index contributed by atoms with van der Waals surface area (Å²) < 4.78 is 18.6. The Bertz CT molecular complexity index is 1030. The van der Waals surface area contributed by atoms with Crippen LogP contribution in [0.1, 0.15) is 54.2 Å². The molecule has 4 rings (SSSR count). The average Bonchev–Trinajstić information content (AvgIpc) is 3.34. The molecule has 0 bridgehead atoms. The number of nitrogens with one attached hydrogen (secondary N) is 1. The number of amides is 2. The number of anilines is 1. The van der Waals surface area contributed by atoms with Gasteiger partial charge in [-0.3, -0.25) is 19.5 Å². The molecule has 1 saturated carbocycles. The van der Waals surface area contributed by atoms with E-state index in [1.54, 1.807) is 30.6 Å². The van der Waals surface area contributed by atoms with Crippen LogP contribution in [0.15, 0.2) is 54.2 Å². The molecule has 1 atom stereocenters. The SMILES string of the molecule is O=C(NC1CCCCC1)[C@H](c1ccncc1)N(C(=O)c1csnn1)c1ccccc1F. The van der Waals surface area contributed by atoms with Crippen LogP contribution >= 0.6 is 11.5 Å². The van der Waals surface area contributed by atoms with Crippen molar-refractivity contribution in [2.45, 2.75) is 44.2 Å². The summed E-state index contributed by atoms with van der Waals surface area (Å²) >= 11 is 1.02. The molecule has 1 fully saturated rings. The van der Waals surface area contributed by atoms with Gasteiger partial charge in [-0.15, -0.1) is 5.10 Å². The highest BCUT2D eigenvalue weighted by Crippen LogP contribution is 2.32. The van der Waals surface area contributed by atoms with Crippen LogP contribution in [-0.4, -0.2) is 32.4 Å². The number of hydrogen-bond acceptors (Lipinski definition) is 6. The topological polar surface area (TPSA) is 88.1 Å². The molecule has 9 heteroatoms. The second kappa shape index (κ2) is 9.74. The molecule has 160 valence electrons. The van der Waals surface area contributed by atoms with E-state index in [0.29, 0.717) is 5.56 Å². The summed E-state index contributed by atoms with van der Waals surface area (Å²) in [4.78, 5) is 32.2. The lowest BCUT2D eigenvalue weighted by atomic mass is 9.94. The van der Waals surface area contributed by atoms with Gasteiger partial charge in [0.15, 0.2) is 5.69 Å². The minimum atomic E-state index is -1.09. The smallest absolute Gasteiger partial charge is 0.280 e. The van der Waals surface area contributed by atoms with Crippen molar-refractivity contribution in [3.63, 3.8) is 0 Å². The fourth-order valence-corrected chi connectivity index (χ4v) is 4.31. The average molecular weight is 440 g/mol. The van der Waals surface area contributed by atoms with E-state index in [2.05, 4.69) is 19.9 Å². The molecule has 1 aromatic carbocycles. The molecule has 0 aliphatic heterocycles. The fraction of sp³-hybridized carbons (Fsp3) is 0.318. The molecule has 3 aromatic rings.